The molecule has 0 saturated heterocycles. The highest BCUT2D eigenvalue weighted by atomic mass is 19.2. The van der Waals surface area contributed by atoms with Gasteiger partial charge in [0.1, 0.15) is 0 Å². The lowest BCUT2D eigenvalue weighted by molar-refractivity contribution is 0.167. The third-order valence-corrected chi connectivity index (χ3v) is 9.73. The van der Waals surface area contributed by atoms with E-state index in [2.05, 4.69) is 0 Å². The highest BCUT2D eigenvalue weighted by Gasteiger charge is 2.34. The zero-order valence-electron chi connectivity index (χ0n) is 24.5. The number of hydrogen-bond donors (Lipinski definition) is 1. The molecule has 8 heteroatoms. The fourth-order valence-electron chi connectivity index (χ4n) is 7.27. The van der Waals surface area contributed by atoms with Crippen LogP contribution in [0.4, 0.5) is 26.3 Å². The molecule has 1 unspecified atom stereocenters. The second-order valence-corrected chi connectivity index (χ2v) is 12.0. The predicted octanol–water partition coefficient (Wildman–Crippen LogP) is 10.3. The van der Waals surface area contributed by atoms with E-state index in [0.29, 0.717) is 30.2 Å². The van der Waals surface area contributed by atoms with Gasteiger partial charge >= 0.3 is 0 Å². The van der Waals surface area contributed by atoms with Crippen LogP contribution in [0.2, 0.25) is 0 Å². The molecule has 0 spiro atoms. The van der Waals surface area contributed by atoms with Crippen molar-refractivity contribution in [2.75, 3.05) is 6.61 Å². The maximum atomic E-state index is 15.3. The number of aliphatic hydroxyl groups excluding tert-OH is 1. The minimum atomic E-state index is -1.32. The van der Waals surface area contributed by atoms with Crippen molar-refractivity contribution in [3.05, 3.63) is 88.0 Å². The van der Waals surface area contributed by atoms with Crippen LogP contribution in [-0.2, 0) is 0 Å². The Balaban J connectivity index is 1.21. The second kappa shape index (κ2) is 13.3. The Bertz CT molecular complexity index is 1440. The van der Waals surface area contributed by atoms with E-state index in [0.717, 1.165) is 38.5 Å². The van der Waals surface area contributed by atoms with Gasteiger partial charge < -0.3 is 9.84 Å². The summed E-state index contributed by atoms with van der Waals surface area (Å²) in [5.41, 5.74) is -0.315. The van der Waals surface area contributed by atoms with Crippen LogP contribution in [0.1, 0.15) is 106 Å². The maximum absolute atomic E-state index is 15.3. The van der Waals surface area contributed by atoms with E-state index in [-0.39, 0.29) is 52.9 Å². The molecule has 43 heavy (non-hydrogen) atoms. The van der Waals surface area contributed by atoms with Crippen LogP contribution in [0.15, 0.2) is 36.4 Å². The van der Waals surface area contributed by atoms with Crippen LogP contribution >= 0.6 is 0 Å². The van der Waals surface area contributed by atoms with E-state index in [1.165, 1.54) is 30.3 Å². The van der Waals surface area contributed by atoms with Gasteiger partial charge in [0.25, 0.3) is 0 Å². The van der Waals surface area contributed by atoms with E-state index in [4.69, 9.17) is 4.74 Å². The van der Waals surface area contributed by atoms with Gasteiger partial charge in [-0.05, 0) is 106 Å². The van der Waals surface area contributed by atoms with Crippen LogP contribution in [0.25, 0.3) is 11.1 Å². The van der Waals surface area contributed by atoms with Crippen LogP contribution in [0, 0.1) is 46.7 Å². The first-order valence-electron chi connectivity index (χ1n) is 15.4. The second-order valence-electron chi connectivity index (χ2n) is 12.0. The van der Waals surface area contributed by atoms with Crippen LogP contribution in [0.5, 0.6) is 5.75 Å². The third kappa shape index (κ3) is 6.17. The minimum Gasteiger partial charge on any atom is -0.491 e. The summed E-state index contributed by atoms with van der Waals surface area (Å²) < 4.78 is 94.3. The first kappa shape index (κ1) is 31.4. The Morgan fingerprint density at radius 2 is 1.07 bits per heavy atom. The lowest BCUT2D eigenvalue weighted by Gasteiger charge is -2.38. The summed E-state index contributed by atoms with van der Waals surface area (Å²) in [4.78, 5) is 0. The van der Waals surface area contributed by atoms with Crippen molar-refractivity contribution in [2.45, 2.75) is 89.6 Å². The van der Waals surface area contributed by atoms with Crippen molar-refractivity contribution in [1.29, 1.82) is 0 Å². The highest BCUT2D eigenvalue weighted by molar-refractivity contribution is 5.66. The average Bonchev–Trinajstić information content (AvgIpc) is 3.02. The average molecular weight is 605 g/mol. The molecule has 0 aliphatic heterocycles. The van der Waals surface area contributed by atoms with Gasteiger partial charge in [0, 0.05) is 16.7 Å². The number of halogens is 6. The molecule has 2 fully saturated rings. The van der Waals surface area contributed by atoms with E-state index < -0.39 is 41.0 Å². The molecule has 5 rings (SSSR count). The predicted molar refractivity (Wildman–Crippen MR) is 154 cm³/mol. The third-order valence-electron chi connectivity index (χ3n) is 9.73. The number of hydrogen-bond acceptors (Lipinski definition) is 2. The molecule has 0 heterocycles. The Labute approximate surface area is 249 Å². The highest BCUT2D eigenvalue weighted by Crippen LogP contribution is 2.47. The van der Waals surface area contributed by atoms with Crippen molar-refractivity contribution in [2.24, 2.45) is 11.8 Å². The topological polar surface area (TPSA) is 29.5 Å². The summed E-state index contributed by atoms with van der Waals surface area (Å²) in [7, 11) is 0. The maximum Gasteiger partial charge on any atom is 0.200 e. The monoisotopic (exact) mass is 604 g/mol. The molecule has 0 radical (unpaired) electrons. The summed E-state index contributed by atoms with van der Waals surface area (Å²) >= 11 is 0. The summed E-state index contributed by atoms with van der Waals surface area (Å²) in [5, 5.41) is 9.91. The van der Waals surface area contributed by atoms with Gasteiger partial charge in [0.15, 0.2) is 34.8 Å². The Hall–Kier alpha value is -3.00. The lowest BCUT2D eigenvalue weighted by Crippen LogP contribution is -2.25. The molecule has 3 aromatic rings. The number of rotatable bonds is 8. The van der Waals surface area contributed by atoms with E-state index in [1.807, 2.05) is 0 Å². The molecule has 2 nitrogen and oxygen atoms in total. The van der Waals surface area contributed by atoms with Crippen molar-refractivity contribution in [1.82, 2.24) is 0 Å². The number of ether oxygens (including phenoxy) is 1. The Kier molecular flexibility index (Phi) is 9.74. The van der Waals surface area contributed by atoms with E-state index in [9.17, 15) is 22.7 Å². The molecule has 1 atom stereocenters. The summed E-state index contributed by atoms with van der Waals surface area (Å²) in [6.45, 7) is 3.60. The number of aliphatic hydroxyl groups is 1. The van der Waals surface area contributed by atoms with Crippen molar-refractivity contribution < 1.29 is 36.2 Å². The molecule has 232 valence electrons. The molecular weight excluding hydrogens is 566 g/mol. The SMILES string of the molecule is CCOc1ccc(C2CCC(C3CCC(c4ccc(-c5ccc(C(O)CC)c(F)c5F)c(F)c4F)CC3)CC2)c(F)c1F. The standard InChI is InChI=1S/C35H38F6O2/c1-3-28(42)27-16-15-26(33(39)34(27)40)25-14-13-23(30(36)32(25)38)21-9-5-19(6-10-21)20-7-11-22(12-8-20)24-17-18-29(43-4-2)35(41)31(24)37/h13-22,28,42H,3-12H2,1-2H3. The zero-order chi connectivity index (χ0) is 30.8. The van der Waals surface area contributed by atoms with E-state index >= 15 is 8.78 Å². The summed E-state index contributed by atoms with van der Waals surface area (Å²) in [5.74, 6) is -6.00. The fraction of sp³-hybridized carbons (Fsp3) is 0.486. The van der Waals surface area contributed by atoms with Gasteiger partial charge in [-0.25, -0.2) is 22.0 Å². The van der Waals surface area contributed by atoms with Crippen LogP contribution < -0.4 is 4.74 Å². The van der Waals surface area contributed by atoms with Gasteiger partial charge in [0.2, 0.25) is 5.82 Å². The minimum absolute atomic E-state index is 0.0421. The smallest absolute Gasteiger partial charge is 0.200 e. The Morgan fingerprint density at radius 1 is 0.605 bits per heavy atom. The fourth-order valence-corrected chi connectivity index (χ4v) is 7.27. The van der Waals surface area contributed by atoms with Gasteiger partial charge in [-0.2, -0.15) is 4.39 Å². The van der Waals surface area contributed by atoms with Gasteiger partial charge in [-0.1, -0.05) is 37.3 Å². The first-order valence-corrected chi connectivity index (χ1v) is 15.4. The van der Waals surface area contributed by atoms with Crippen LogP contribution in [-0.4, -0.2) is 11.7 Å². The molecule has 2 aliphatic rings. The normalized spacial score (nSPS) is 23.3. The quantitative estimate of drug-likeness (QED) is 0.259. The largest absolute Gasteiger partial charge is 0.491 e. The van der Waals surface area contributed by atoms with Gasteiger partial charge in [-0.3, -0.25) is 0 Å². The van der Waals surface area contributed by atoms with Gasteiger partial charge in [0.05, 0.1) is 12.7 Å². The number of benzene rings is 3. The van der Waals surface area contributed by atoms with Crippen molar-refractivity contribution in [3.63, 3.8) is 0 Å². The molecule has 2 aliphatic carbocycles. The van der Waals surface area contributed by atoms with E-state index in [1.54, 1.807) is 19.9 Å². The molecule has 2 saturated carbocycles. The summed E-state index contributed by atoms with van der Waals surface area (Å²) in [6.07, 6.45) is 5.43. The lowest BCUT2D eigenvalue weighted by atomic mass is 9.67. The molecule has 0 aromatic heterocycles. The molecular formula is C35H38F6O2. The Morgan fingerprint density at radius 3 is 1.58 bits per heavy atom. The molecule has 0 amide bonds. The zero-order valence-corrected chi connectivity index (χ0v) is 24.5. The van der Waals surface area contributed by atoms with Crippen molar-refractivity contribution in [3.8, 4) is 16.9 Å². The van der Waals surface area contributed by atoms with Crippen LogP contribution in [0.3, 0.4) is 0 Å². The van der Waals surface area contributed by atoms with Gasteiger partial charge in [-0.15, -0.1) is 0 Å². The summed E-state index contributed by atoms with van der Waals surface area (Å²) in [6, 6.07) is 8.29. The molecule has 1 N–H and O–H groups in total. The van der Waals surface area contributed by atoms with Crippen molar-refractivity contribution >= 4 is 0 Å². The molecule has 0 bridgehead atoms. The first-order chi connectivity index (χ1) is 20.7. The molecule has 3 aromatic carbocycles.